The van der Waals surface area contributed by atoms with E-state index < -0.39 is 12.4 Å². The molecular weight excluding hydrogens is 569 g/mol. The number of nitrogens with zero attached hydrogens (tertiary/aromatic N) is 5. The van der Waals surface area contributed by atoms with Crippen molar-refractivity contribution in [3.05, 3.63) is 89.7 Å². The summed E-state index contributed by atoms with van der Waals surface area (Å²) in [6.45, 7) is 4.15. The molecule has 0 atom stereocenters. The molecule has 0 bridgehead atoms. The zero-order valence-electron chi connectivity index (χ0n) is 22.6. The van der Waals surface area contributed by atoms with Crippen LogP contribution in [-0.2, 0) is 11.2 Å². The largest absolute Gasteiger partial charge is 0.573 e. The van der Waals surface area contributed by atoms with Crippen molar-refractivity contribution in [3.63, 3.8) is 0 Å². The summed E-state index contributed by atoms with van der Waals surface area (Å²) in [6, 6.07) is 18.0. The summed E-state index contributed by atoms with van der Waals surface area (Å²) < 4.78 is 42.6. The standard InChI is InChI=1S/C29H25F3N6O3S/c1-18-5-3-6-19(2)25(18)38-24(39)16-42-28(38)35-27(40)33-14-13-20-7-4-8-21(15-20)26-34-17-37(36-26)22-9-11-23(12-10-22)41-29(30,31)32/h3-12,15,17H,13-14,16H2,1-2H3,(H,33,40)/b35-28-. The van der Waals surface area contributed by atoms with Crippen molar-refractivity contribution in [1.82, 2.24) is 20.1 Å². The number of urea groups is 1. The summed E-state index contributed by atoms with van der Waals surface area (Å²) in [5, 5.41) is 7.57. The van der Waals surface area contributed by atoms with Gasteiger partial charge in [-0.1, -0.05) is 48.2 Å². The maximum atomic E-state index is 12.6. The van der Waals surface area contributed by atoms with Crippen LogP contribution in [0.1, 0.15) is 16.7 Å². The zero-order valence-corrected chi connectivity index (χ0v) is 23.4. The first-order valence-electron chi connectivity index (χ1n) is 12.8. The molecule has 0 saturated carbocycles. The molecule has 216 valence electrons. The van der Waals surface area contributed by atoms with Gasteiger partial charge in [0.2, 0.25) is 5.91 Å². The molecule has 13 heteroatoms. The molecule has 1 aliphatic rings. The van der Waals surface area contributed by atoms with E-state index in [1.54, 1.807) is 0 Å². The average molecular weight is 595 g/mol. The smallest absolute Gasteiger partial charge is 0.406 e. The highest BCUT2D eigenvalue weighted by atomic mass is 32.2. The molecule has 0 radical (unpaired) electrons. The number of ether oxygens (including phenoxy) is 1. The normalized spacial score (nSPS) is 14.5. The summed E-state index contributed by atoms with van der Waals surface area (Å²) in [7, 11) is 0. The van der Waals surface area contributed by atoms with E-state index in [1.165, 1.54) is 51.9 Å². The highest BCUT2D eigenvalue weighted by Gasteiger charge is 2.32. The van der Waals surface area contributed by atoms with Crippen molar-refractivity contribution < 1.29 is 27.5 Å². The van der Waals surface area contributed by atoms with E-state index >= 15 is 0 Å². The van der Waals surface area contributed by atoms with Crippen LogP contribution in [0.4, 0.5) is 23.7 Å². The Hall–Kier alpha value is -4.65. The highest BCUT2D eigenvalue weighted by Crippen LogP contribution is 2.32. The number of rotatable bonds is 7. The van der Waals surface area contributed by atoms with Gasteiger partial charge < -0.3 is 10.1 Å². The van der Waals surface area contributed by atoms with Gasteiger partial charge in [-0.3, -0.25) is 9.69 Å². The van der Waals surface area contributed by atoms with Gasteiger partial charge in [-0.2, -0.15) is 4.99 Å². The van der Waals surface area contributed by atoms with Crippen molar-refractivity contribution in [2.75, 3.05) is 17.2 Å². The second kappa shape index (κ2) is 12.1. The van der Waals surface area contributed by atoms with Crippen LogP contribution in [0.3, 0.4) is 0 Å². The maximum Gasteiger partial charge on any atom is 0.573 e. The van der Waals surface area contributed by atoms with Crippen LogP contribution in [0.25, 0.3) is 17.1 Å². The van der Waals surface area contributed by atoms with Crippen LogP contribution in [0.15, 0.2) is 78.0 Å². The van der Waals surface area contributed by atoms with Gasteiger partial charge in [0, 0.05) is 12.1 Å². The number of amides is 3. The lowest BCUT2D eigenvalue weighted by molar-refractivity contribution is -0.274. The van der Waals surface area contributed by atoms with Crippen molar-refractivity contribution >= 4 is 34.6 Å². The summed E-state index contributed by atoms with van der Waals surface area (Å²) >= 11 is 1.23. The van der Waals surface area contributed by atoms with Crippen LogP contribution in [-0.4, -0.2) is 50.5 Å². The predicted octanol–water partition coefficient (Wildman–Crippen LogP) is 5.84. The number of thioether (sulfide) groups is 1. The Kier molecular flexibility index (Phi) is 8.29. The van der Waals surface area contributed by atoms with Crippen LogP contribution < -0.4 is 15.0 Å². The molecule has 0 unspecified atom stereocenters. The van der Waals surface area contributed by atoms with E-state index in [9.17, 15) is 22.8 Å². The number of carbonyl (C=O) groups is 2. The lowest BCUT2D eigenvalue weighted by atomic mass is 10.1. The molecule has 4 aromatic rings. The van der Waals surface area contributed by atoms with Crippen LogP contribution in [0.5, 0.6) is 5.75 Å². The number of amidine groups is 1. The fraction of sp³-hybridized carbons (Fsp3) is 0.207. The average Bonchev–Trinajstić information content (AvgIpc) is 3.56. The van der Waals surface area contributed by atoms with Gasteiger partial charge in [-0.05, 0) is 67.3 Å². The van der Waals surface area contributed by atoms with Gasteiger partial charge in [0.05, 0.1) is 17.1 Å². The van der Waals surface area contributed by atoms with Gasteiger partial charge in [0.15, 0.2) is 11.0 Å². The van der Waals surface area contributed by atoms with Crippen LogP contribution in [0, 0.1) is 13.8 Å². The zero-order chi connectivity index (χ0) is 29.9. The minimum Gasteiger partial charge on any atom is -0.406 e. The molecule has 5 rings (SSSR count). The topological polar surface area (TPSA) is 102 Å². The molecular formula is C29H25F3N6O3S. The number of para-hydroxylation sites is 1. The van der Waals surface area contributed by atoms with Crippen LogP contribution >= 0.6 is 11.8 Å². The molecule has 0 spiro atoms. The molecule has 1 aliphatic heterocycles. The van der Waals surface area contributed by atoms with Gasteiger partial charge in [0.1, 0.15) is 12.1 Å². The minimum absolute atomic E-state index is 0.121. The van der Waals surface area contributed by atoms with Crippen molar-refractivity contribution in [2.45, 2.75) is 26.6 Å². The Morgan fingerprint density at radius 2 is 1.79 bits per heavy atom. The lowest BCUT2D eigenvalue weighted by Gasteiger charge is -2.20. The van der Waals surface area contributed by atoms with E-state index in [2.05, 4.69) is 25.1 Å². The molecule has 3 aromatic carbocycles. The van der Waals surface area contributed by atoms with Gasteiger partial charge in [0.25, 0.3) is 0 Å². The first-order chi connectivity index (χ1) is 20.1. The molecule has 2 heterocycles. The molecule has 0 aliphatic carbocycles. The third kappa shape index (κ3) is 6.79. The molecule has 1 fully saturated rings. The lowest BCUT2D eigenvalue weighted by Crippen LogP contribution is -2.32. The van der Waals surface area contributed by atoms with Crippen molar-refractivity contribution in [2.24, 2.45) is 4.99 Å². The molecule has 9 nitrogen and oxygen atoms in total. The number of benzene rings is 3. The molecule has 3 amide bonds. The van der Waals surface area contributed by atoms with E-state index in [0.29, 0.717) is 29.6 Å². The SMILES string of the molecule is Cc1cccc(C)c1N1C(=O)CS/C1=N\C(=O)NCCc1cccc(-c2ncn(-c3ccc(OC(F)(F)F)cc3)n2)c1. The van der Waals surface area contributed by atoms with E-state index in [4.69, 9.17) is 0 Å². The quantitative estimate of drug-likeness (QED) is 0.289. The predicted molar refractivity (Wildman–Crippen MR) is 154 cm³/mol. The highest BCUT2D eigenvalue weighted by molar-refractivity contribution is 8.15. The summed E-state index contributed by atoms with van der Waals surface area (Å²) in [5.74, 6) is 0.197. The number of halogens is 3. The number of hydrogen-bond acceptors (Lipinski definition) is 6. The summed E-state index contributed by atoms with van der Waals surface area (Å²) in [6.07, 6.45) is -2.78. The third-order valence-corrected chi connectivity index (χ3v) is 7.25. The Labute approximate surface area is 243 Å². The van der Waals surface area contributed by atoms with Gasteiger partial charge in [-0.25, -0.2) is 14.5 Å². The Morgan fingerprint density at radius 1 is 1.07 bits per heavy atom. The molecule has 1 aromatic heterocycles. The first-order valence-corrected chi connectivity index (χ1v) is 13.8. The van der Waals surface area contributed by atoms with Crippen molar-refractivity contribution in [1.29, 1.82) is 0 Å². The number of anilines is 1. The second-order valence-electron chi connectivity index (χ2n) is 9.39. The number of aryl methyl sites for hydroxylation is 2. The van der Waals surface area contributed by atoms with E-state index in [-0.39, 0.29) is 17.4 Å². The first kappa shape index (κ1) is 28.9. The minimum atomic E-state index is -4.76. The maximum absolute atomic E-state index is 12.6. The summed E-state index contributed by atoms with van der Waals surface area (Å²) in [4.78, 5) is 35.2. The van der Waals surface area contributed by atoms with Gasteiger partial charge in [-0.15, -0.1) is 18.3 Å². The van der Waals surface area contributed by atoms with Crippen molar-refractivity contribution in [3.8, 4) is 22.8 Å². The van der Waals surface area contributed by atoms with E-state index in [0.717, 1.165) is 27.9 Å². The number of aromatic nitrogens is 3. The number of hydrogen-bond donors (Lipinski definition) is 1. The Morgan fingerprint density at radius 3 is 2.50 bits per heavy atom. The molecule has 1 N–H and O–H groups in total. The number of aliphatic imine (C=N–C) groups is 1. The molecule has 1 saturated heterocycles. The monoisotopic (exact) mass is 594 g/mol. The second-order valence-corrected chi connectivity index (χ2v) is 10.3. The summed E-state index contributed by atoms with van der Waals surface area (Å²) in [5.41, 5.74) is 4.77. The number of nitrogens with one attached hydrogen (secondary N) is 1. The fourth-order valence-corrected chi connectivity index (χ4v) is 5.30. The number of alkyl halides is 3. The molecule has 42 heavy (non-hydrogen) atoms. The Balaban J connectivity index is 1.20. The van der Waals surface area contributed by atoms with Crippen LogP contribution in [0.2, 0.25) is 0 Å². The van der Waals surface area contributed by atoms with Gasteiger partial charge >= 0.3 is 12.4 Å². The fourth-order valence-electron chi connectivity index (χ4n) is 4.45. The van der Waals surface area contributed by atoms with E-state index in [1.807, 2.05) is 56.3 Å². The number of carbonyl (C=O) groups excluding carboxylic acids is 2. The third-order valence-electron chi connectivity index (χ3n) is 6.33. The Bertz CT molecular complexity index is 1630.